The van der Waals surface area contributed by atoms with Crippen LogP contribution >= 0.6 is 22.9 Å². The number of carbonyl (C=O) groups excluding carboxylic acids is 2. The maximum absolute atomic E-state index is 13.4. The van der Waals surface area contributed by atoms with Gasteiger partial charge in [-0.3, -0.25) is 9.59 Å². The Morgan fingerprint density at radius 2 is 1.97 bits per heavy atom. The lowest BCUT2D eigenvalue weighted by Gasteiger charge is -2.10. The Kier molecular flexibility index (Phi) is 7.28. The molecule has 174 valence electrons. The third-order valence-corrected chi connectivity index (χ3v) is 5.97. The second-order valence-electron chi connectivity index (χ2n) is 6.78. The highest BCUT2D eigenvalue weighted by Gasteiger charge is 2.34. The number of alkyl halides is 3. The van der Waals surface area contributed by atoms with E-state index in [4.69, 9.17) is 16.3 Å². The van der Waals surface area contributed by atoms with E-state index >= 15 is 0 Å². The van der Waals surface area contributed by atoms with Crippen molar-refractivity contribution in [3.05, 3.63) is 62.7 Å². The zero-order chi connectivity index (χ0) is 24.3. The summed E-state index contributed by atoms with van der Waals surface area (Å²) in [5.41, 5.74) is -1.72. The van der Waals surface area contributed by atoms with E-state index in [-0.39, 0.29) is 39.4 Å². The average Bonchev–Trinajstić information content (AvgIpc) is 3.25. The standard InChI is InChI=1S/C20H15ClF4N4O3S/c1-9(5-13(30)16-15(21)18(32-2)28-8-27-16)19-26-7-14(33-19)17(31)29-10-3-4-12(22)11(6-10)20(23,24)25/h3-4,6-9H,5H2,1-2H3,(H,29,31). The zero-order valence-electron chi connectivity index (χ0n) is 17.0. The molecule has 0 spiro atoms. The van der Waals surface area contributed by atoms with Crippen molar-refractivity contribution in [3.8, 4) is 5.88 Å². The van der Waals surface area contributed by atoms with E-state index in [2.05, 4.69) is 20.3 Å². The number of thiazole rings is 1. The number of amides is 1. The van der Waals surface area contributed by atoms with Gasteiger partial charge in [0.05, 0.1) is 23.9 Å². The molecule has 0 aliphatic heterocycles. The number of ether oxygens (including phenoxy) is 1. The number of ketones is 1. The molecule has 3 aromatic rings. The molecule has 2 aromatic heterocycles. The molecule has 1 aromatic carbocycles. The van der Waals surface area contributed by atoms with Crippen molar-refractivity contribution in [1.82, 2.24) is 15.0 Å². The minimum absolute atomic E-state index is 0.0123. The number of methoxy groups -OCH3 is 1. The highest BCUT2D eigenvalue weighted by atomic mass is 35.5. The van der Waals surface area contributed by atoms with Crippen LogP contribution in [0.1, 0.15) is 50.0 Å². The summed E-state index contributed by atoms with van der Waals surface area (Å²) >= 11 is 7.04. The SMILES string of the molecule is COc1ncnc(C(=O)CC(C)c2ncc(C(=O)Nc3ccc(F)c(C(F)(F)F)c3)s2)c1Cl. The van der Waals surface area contributed by atoms with E-state index < -0.39 is 29.4 Å². The monoisotopic (exact) mass is 502 g/mol. The first kappa shape index (κ1) is 24.5. The van der Waals surface area contributed by atoms with Crippen molar-refractivity contribution in [2.45, 2.75) is 25.4 Å². The largest absolute Gasteiger partial charge is 0.480 e. The van der Waals surface area contributed by atoms with Crippen LogP contribution in [-0.2, 0) is 6.18 Å². The van der Waals surface area contributed by atoms with Gasteiger partial charge in [0, 0.05) is 18.0 Å². The number of hydrogen-bond donors (Lipinski definition) is 1. The number of aromatic nitrogens is 3. The molecule has 1 atom stereocenters. The molecular formula is C20H15ClF4N4O3S. The van der Waals surface area contributed by atoms with Crippen molar-refractivity contribution in [2.75, 3.05) is 12.4 Å². The van der Waals surface area contributed by atoms with E-state index in [0.717, 1.165) is 23.7 Å². The molecule has 0 aliphatic carbocycles. The highest BCUT2D eigenvalue weighted by Crippen LogP contribution is 2.33. The number of benzene rings is 1. The highest BCUT2D eigenvalue weighted by molar-refractivity contribution is 7.13. The topological polar surface area (TPSA) is 94.1 Å². The lowest BCUT2D eigenvalue weighted by atomic mass is 10.0. The summed E-state index contributed by atoms with van der Waals surface area (Å²) in [5.74, 6) is -2.91. The number of nitrogens with one attached hydrogen (secondary N) is 1. The molecule has 1 amide bonds. The van der Waals surface area contributed by atoms with Crippen LogP contribution in [0.4, 0.5) is 23.2 Å². The van der Waals surface area contributed by atoms with Crippen molar-refractivity contribution < 1.29 is 31.9 Å². The van der Waals surface area contributed by atoms with Crippen molar-refractivity contribution in [1.29, 1.82) is 0 Å². The Labute approximate surface area is 193 Å². The second-order valence-corrected chi connectivity index (χ2v) is 8.22. The van der Waals surface area contributed by atoms with Gasteiger partial charge in [-0.15, -0.1) is 11.3 Å². The number of carbonyl (C=O) groups is 2. The van der Waals surface area contributed by atoms with Crippen molar-refractivity contribution in [3.63, 3.8) is 0 Å². The van der Waals surface area contributed by atoms with Gasteiger partial charge in [-0.25, -0.2) is 19.3 Å². The van der Waals surface area contributed by atoms with Gasteiger partial charge >= 0.3 is 6.18 Å². The molecule has 7 nitrogen and oxygen atoms in total. The van der Waals surface area contributed by atoms with Crippen LogP contribution in [0.15, 0.2) is 30.7 Å². The van der Waals surface area contributed by atoms with Gasteiger partial charge in [0.2, 0.25) is 5.88 Å². The first-order valence-electron chi connectivity index (χ1n) is 9.22. The van der Waals surface area contributed by atoms with E-state index in [0.29, 0.717) is 17.1 Å². The molecule has 2 heterocycles. The predicted molar refractivity (Wildman–Crippen MR) is 112 cm³/mol. The van der Waals surface area contributed by atoms with E-state index in [1.807, 2.05) is 0 Å². The van der Waals surface area contributed by atoms with Gasteiger partial charge in [0.25, 0.3) is 5.91 Å². The molecule has 0 saturated carbocycles. The Morgan fingerprint density at radius 1 is 1.24 bits per heavy atom. The van der Waals surface area contributed by atoms with Crippen LogP contribution in [0, 0.1) is 5.82 Å². The number of rotatable bonds is 7. The normalized spacial score (nSPS) is 12.3. The minimum atomic E-state index is -4.90. The van der Waals surface area contributed by atoms with E-state index in [9.17, 15) is 27.2 Å². The number of hydrogen-bond acceptors (Lipinski definition) is 7. The molecule has 3 rings (SSSR count). The third kappa shape index (κ3) is 5.63. The summed E-state index contributed by atoms with van der Waals surface area (Å²) in [7, 11) is 1.35. The zero-order valence-corrected chi connectivity index (χ0v) is 18.6. The first-order valence-corrected chi connectivity index (χ1v) is 10.4. The van der Waals surface area contributed by atoms with Gasteiger partial charge in [0.1, 0.15) is 27.7 Å². The fraction of sp³-hybridized carbons (Fsp3) is 0.250. The Bertz CT molecular complexity index is 1200. The summed E-state index contributed by atoms with van der Waals surface area (Å²) in [6, 6.07) is 2.15. The number of Topliss-reactive ketones (excluding diaryl/α,β-unsaturated/α-hetero) is 1. The Hall–Kier alpha value is -3.12. The van der Waals surface area contributed by atoms with Crippen LogP contribution in [0.5, 0.6) is 5.88 Å². The van der Waals surface area contributed by atoms with E-state index in [1.165, 1.54) is 13.3 Å². The van der Waals surface area contributed by atoms with Crippen molar-refractivity contribution >= 4 is 40.3 Å². The molecule has 0 radical (unpaired) electrons. The average molecular weight is 503 g/mol. The van der Waals surface area contributed by atoms with E-state index in [1.54, 1.807) is 6.92 Å². The molecule has 33 heavy (non-hydrogen) atoms. The van der Waals surface area contributed by atoms with Gasteiger partial charge < -0.3 is 10.1 Å². The lowest BCUT2D eigenvalue weighted by Crippen LogP contribution is -2.13. The van der Waals surface area contributed by atoms with Crippen molar-refractivity contribution in [2.24, 2.45) is 0 Å². The van der Waals surface area contributed by atoms with Crippen LogP contribution in [0.2, 0.25) is 5.02 Å². The van der Waals surface area contributed by atoms with Gasteiger partial charge in [0.15, 0.2) is 5.78 Å². The maximum Gasteiger partial charge on any atom is 0.419 e. The Balaban J connectivity index is 1.70. The number of anilines is 1. The second kappa shape index (κ2) is 9.79. The molecule has 0 fully saturated rings. The number of nitrogens with zero attached hydrogens (tertiary/aromatic N) is 3. The smallest absolute Gasteiger partial charge is 0.419 e. The van der Waals surface area contributed by atoms with Crippen LogP contribution in [-0.4, -0.2) is 33.8 Å². The third-order valence-electron chi connectivity index (χ3n) is 4.41. The minimum Gasteiger partial charge on any atom is -0.480 e. The molecule has 0 aliphatic rings. The van der Waals surface area contributed by atoms with Crippen LogP contribution in [0.25, 0.3) is 0 Å². The maximum atomic E-state index is 13.4. The van der Waals surface area contributed by atoms with Gasteiger partial charge in [-0.2, -0.15) is 13.2 Å². The summed E-state index contributed by atoms with van der Waals surface area (Å²) < 4.78 is 57.0. The molecule has 13 heteroatoms. The quantitative estimate of drug-likeness (QED) is 0.344. The summed E-state index contributed by atoms with van der Waals surface area (Å²) in [5, 5.41) is 2.71. The molecule has 1 unspecified atom stereocenters. The lowest BCUT2D eigenvalue weighted by molar-refractivity contribution is -0.139. The predicted octanol–water partition coefficient (Wildman–Crippen LogP) is 5.38. The Morgan fingerprint density at radius 3 is 2.64 bits per heavy atom. The van der Waals surface area contributed by atoms with Gasteiger partial charge in [-0.1, -0.05) is 18.5 Å². The van der Waals surface area contributed by atoms with Crippen LogP contribution in [0.3, 0.4) is 0 Å². The first-order chi connectivity index (χ1) is 15.5. The van der Waals surface area contributed by atoms with Gasteiger partial charge in [-0.05, 0) is 18.2 Å². The van der Waals surface area contributed by atoms with Crippen LogP contribution < -0.4 is 10.1 Å². The molecule has 1 N–H and O–H groups in total. The summed E-state index contributed by atoms with van der Waals surface area (Å²) in [6.45, 7) is 1.71. The number of halogens is 5. The fourth-order valence-electron chi connectivity index (χ4n) is 2.79. The summed E-state index contributed by atoms with van der Waals surface area (Å²) in [4.78, 5) is 36.9. The molecule has 0 saturated heterocycles. The molecular weight excluding hydrogens is 488 g/mol. The molecule has 0 bridgehead atoms. The summed E-state index contributed by atoms with van der Waals surface area (Å²) in [6.07, 6.45) is -2.54. The fourth-order valence-corrected chi connectivity index (χ4v) is 3.93.